The molecule has 2 heterocycles. The van der Waals surface area contributed by atoms with Crippen molar-refractivity contribution in [3.63, 3.8) is 0 Å². The Morgan fingerprint density at radius 1 is 1.23 bits per heavy atom. The van der Waals surface area contributed by atoms with Crippen molar-refractivity contribution < 1.29 is 14.3 Å². The number of rotatable bonds is 6. The van der Waals surface area contributed by atoms with E-state index in [2.05, 4.69) is 34.6 Å². The standard InChI is InChI=1S/C21H28N4O3S.HI/c1-3-28-21(26)25-12-10-16(11-13-25)24-20(22)23-14-18-8-9-19(29-18)15-4-6-17(27-2)7-5-15;/h4-9,16H,3,10-14H2,1-2H3,(H3,22,23,24);1H. The van der Waals surface area contributed by atoms with Gasteiger partial charge in [-0.15, -0.1) is 35.3 Å². The van der Waals surface area contributed by atoms with Crippen LogP contribution in [0.4, 0.5) is 4.79 Å². The molecule has 164 valence electrons. The molecular formula is C21H29IN4O3S. The molecule has 7 nitrogen and oxygen atoms in total. The van der Waals surface area contributed by atoms with E-state index in [-0.39, 0.29) is 36.1 Å². The number of piperidine rings is 1. The number of hydrogen-bond acceptors (Lipinski definition) is 5. The molecule has 0 bridgehead atoms. The van der Waals surface area contributed by atoms with Gasteiger partial charge in [-0.25, -0.2) is 9.79 Å². The molecule has 30 heavy (non-hydrogen) atoms. The average molecular weight is 544 g/mol. The molecular weight excluding hydrogens is 515 g/mol. The number of amides is 1. The van der Waals surface area contributed by atoms with Crippen LogP contribution >= 0.6 is 35.3 Å². The van der Waals surface area contributed by atoms with E-state index in [1.54, 1.807) is 23.3 Å². The van der Waals surface area contributed by atoms with Gasteiger partial charge in [0.15, 0.2) is 5.96 Å². The highest BCUT2D eigenvalue weighted by Gasteiger charge is 2.23. The first-order valence-corrected chi connectivity index (χ1v) is 10.6. The second-order valence-corrected chi connectivity index (χ2v) is 7.97. The van der Waals surface area contributed by atoms with Crippen molar-refractivity contribution in [2.75, 3.05) is 26.8 Å². The Bertz CT molecular complexity index is 833. The third kappa shape index (κ3) is 6.76. The SMILES string of the molecule is CCOC(=O)N1CCC(NC(N)=NCc2ccc(-c3ccc(OC)cc3)s2)CC1.I. The van der Waals surface area contributed by atoms with E-state index in [0.29, 0.717) is 32.2 Å². The van der Waals surface area contributed by atoms with Crippen LogP contribution in [0.25, 0.3) is 10.4 Å². The van der Waals surface area contributed by atoms with Gasteiger partial charge < -0.3 is 25.4 Å². The van der Waals surface area contributed by atoms with Crippen molar-refractivity contribution in [1.29, 1.82) is 0 Å². The minimum Gasteiger partial charge on any atom is -0.497 e. The fourth-order valence-electron chi connectivity index (χ4n) is 3.21. The Morgan fingerprint density at radius 2 is 1.93 bits per heavy atom. The predicted molar refractivity (Wildman–Crippen MR) is 132 cm³/mol. The van der Waals surface area contributed by atoms with Crippen LogP contribution in [0.5, 0.6) is 5.75 Å². The van der Waals surface area contributed by atoms with Crippen LogP contribution in [-0.4, -0.2) is 49.8 Å². The number of nitrogens with one attached hydrogen (secondary N) is 1. The monoisotopic (exact) mass is 544 g/mol. The van der Waals surface area contributed by atoms with Crippen LogP contribution in [0, 0.1) is 0 Å². The molecule has 3 rings (SSSR count). The fraction of sp³-hybridized carbons (Fsp3) is 0.429. The summed E-state index contributed by atoms with van der Waals surface area (Å²) in [4.78, 5) is 20.3. The lowest BCUT2D eigenvalue weighted by atomic mass is 10.1. The first-order valence-electron chi connectivity index (χ1n) is 9.80. The molecule has 0 aliphatic carbocycles. The van der Waals surface area contributed by atoms with E-state index < -0.39 is 0 Å². The van der Waals surface area contributed by atoms with Crippen molar-refractivity contribution in [2.45, 2.75) is 32.4 Å². The lowest BCUT2D eigenvalue weighted by Gasteiger charge is -2.31. The maximum Gasteiger partial charge on any atom is 0.409 e. The summed E-state index contributed by atoms with van der Waals surface area (Å²) in [5.41, 5.74) is 7.23. The summed E-state index contributed by atoms with van der Waals surface area (Å²) in [6, 6.07) is 12.4. The van der Waals surface area contributed by atoms with Gasteiger partial charge >= 0.3 is 6.09 Å². The van der Waals surface area contributed by atoms with Crippen molar-refractivity contribution >= 4 is 47.4 Å². The summed E-state index contributed by atoms with van der Waals surface area (Å²) >= 11 is 1.71. The van der Waals surface area contributed by atoms with Gasteiger partial charge in [0.05, 0.1) is 20.3 Å². The summed E-state index contributed by atoms with van der Waals surface area (Å²) < 4.78 is 10.2. The number of nitrogens with zero attached hydrogens (tertiary/aromatic N) is 2. The van der Waals surface area contributed by atoms with Gasteiger partial charge in [-0.05, 0) is 61.7 Å². The molecule has 0 spiro atoms. The summed E-state index contributed by atoms with van der Waals surface area (Å²) in [5.74, 6) is 1.29. The van der Waals surface area contributed by atoms with E-state index in [9.17, 15) is 4.79 Å². The number of carbonyl (C=O) groups excluding carboxylic acids is 1. The van der Waals surface area contributed by atoms with E-state index in [1.807, 2.05) is 19.1 Å². The molecule has 0 atom stereocenters. The zero-order valence-corrected chi connectivity index (χ0v) is 20.4. The van der Waals surface area contributed by atoms with E-state index in [1.165, 1.54) is 4.88 Å². The van der Waals surface area contributed by atoms with Crippen molar-refractivity contribution in [3.05, 3.63) is 41.3 Å². The molecule has 0 radical (unpaired) electrons. The van der Waals surface area contributed by atoms with Crippen molar-refractivity contribution in [3.8, 4) is 16.2 Å². The summed E-state index contributed by atoms with van der Waals surface area (Å²) in [7, 11) is 1.67. The van der Waals surface area contributed by atoms with Crippen molar-refractivity contribution in [1.82, 2.24) is 10.2 Å². The van der Waals surface area contributed by atoms with Gasteiger partial charge in [0.2, 0.25) is 0 Å². The zero-order chi connectivity index (χ0) is 20.6. The van der Waals surface area contributed by atoms with Gasteiger partial charge in [0.1, 0.15) is 5.75 Å². The lowest BCUT2D eigenvalue weighted by molar-refractivity contribution is 0.0963. The molecule has 0 unspecified atom stereocenters. The third-order valence-electron chi connectivity index (χ3n) is 4.81. The Morgan fingerprint density at radius 3 is 2.57 bits per heavy atom. The molecule has 1 aliphatic rings. The molecule has 9 heteroatoms. The summed E-state index contributed by atoms with van der Waals surface area (Å²) in [5, 5.41) is 3.27. The highest BCUT2D eigenvalue weighted by atomic mass is 127. The maximum atomic E-state index is 11.8. The second kappa shape index (κ2) is 12.0. The Balaban J connectivity index is 0.00000320. The van der Waals surface area contributed by atoms with Crippen LogP contribution < -0.4 is 15.8 Å². The number of hydrogen-bond donors (Lipinski definition) is 2. The summed E-state index contributed by atoms with van der Waals surface area (Å²) in [6.45, 7) is 4.09. The number of guanidine groups is 1. The third-order valence-corrected chi connectivity index (χ3v) is 5.93. The second-order valence-electron chi connectivity index (χ2n) is 6.80. The Kier molecular flexibility index (Phi) is 9.70. The average Bonchev–Trinajstić information content (AvgIpc) is 3.22. The van der Waals surface area contributed by atoms with E-state index in [0.717, 1.165) is 29.0 Å². The number of benzene rings is 1. The molecule has 1 aromatic heterocycles. The van der Waals surface area contributed by atoms with Gasteiger partial charge in [0, 0.05) is 28.9 Å². The highest BCUT2D eigenvalue weighted by Crippen LogP contribution is 2.29. The van der Waals surface area contributed by atoms with Crippen molar-refractivity contribution in [2.24, 2.45) is 10.7 Å². The quantitative estimate of drug-likeness (QED) is 0.325. The minimum absolute atomic E-state index is 0. The Hall–Kier alpha value is -2.01. The smallest absolute Gasteiger partial charge is 0.409 e. The van der Waals surface area contributed by atoms with Gasteiger partial charge in [0.25, 0.3) is 0 Å². The molecule has 1 amide bonds. The van der Waals surface area contributed by atoms with Gasteiger partial charge in [-0.1, -0.05) is 0 Å². The number of nitrogens with two attached hydrogens (primary N) is 1. The zero-order valence-electron chi connectivity index (χ0n) is 17.3. The number of thiophene rings is 1. The van der Waals surface area contributed by atoms with E-state index >= 15 is 0 Å². The number of carbonyl (C=O) groups is 1. The number of ether oxygens (including phenoxy) is 2. The predicted octanol–water partition coefficient (Wildman–Crippen LogP) is 4.07. The normalized spacial score (nSPS) is 14.7. The van der Waals surface area contributed by atoms with Crippen LogP contribution in [0.2, 0.25) is 0 Å². The largest absolute Gasteiger partial charge is 0.497 e. The first-order chi connectivity index (χ1) is 14.1. The number of methoxy groups -OCH3 is 1. The maximum absolute atomic E-state index is 11.8. The highest BCUT2D eigenvalue weighted by molar-refractivity contribution is 14.0. The Labute approximate surface area is 198 Å². The molecule has 3 N–H and O–H groups in total. The fourth-order valence-corrected chi connectivity index (χ4v) is 4.15. The molecule has 2 aromatic rings. The first kappa shape index (κ1) is 24.3. The molecule has 0 saturated carbocycles. The van der Waals surface area contributed by atoms with Crippen LogP contribution in [0.1, 0.15) is 24.6 Å². The van der Waals surface area contributed by atoms with Gasteiger partial charge in [-0.3, -0.25) is 0 Å². The summed E-state index contributed by atoms with van der Waals surface area (Å²) in [6.07, 6.45) is 1.42. The molecule has 1 fully saturated rings. The molecule has 1 aliphatic heterocycles. The number of aliphatic imine (C=N–C) groups is 1. The minimum atomic E-state index is -0.238. The van der Waals surface area contributed by atoms with Gasteiger partial charge in [-0.2, -0.15) is 0 Å². The topological polar surface area (TPSA) is 89.2 Å². The van der Waals surface area contributed by atoms with Crippen LogP contribution in [0.3, 0.4) is 0 Å². The number of likely N-dealkylation sites (tertiary alicyclic amines) is 1. The van der Waals surface area contributed by atoms with E-state index in [4.69, 9.17) is 15.2 Å². The van der Waals surface area contributed by atoms with Crippen LogP contribution in [-0.2, 0) is 11.3 Å². The lowest BCUT2D eigenvalue weighted by Crippen LogP contribution is -2.48. The molecule has 1 saturated heterocycles. The number of halogens is 1. The molecule has 1 aromatic carbocycles. The van der Waals surface area contributed by atoms with Crippen LogP contribution in [0.15, 0.2) is 41.4 Å².